The van der Waals surface area contributed by atoms with Crippen LogP contribution in [-0.4, -0.2) is 42.0 Å². The molecule has 3 aliphatic heterocycles. The van der Waals surface area contributed by atoms with Gasteiger partial charge in [0.05, 0.1) is 6.54 Å². The maximum atomic E-state index is 13.2. The van der Waals surface area contributed by atoms with Gasteiger partial charge in [0, 0.05) is 29.7 Å². The molecule has 2 fully saturated rings. The van der Waals surface area contributed by atoms with Gasteiger partial charge in [-0.05, 0) is 25.0 Å². The first-order valence-corrected chi connectivity index (χ1v) is 8.64. The molecule has 0 aliphatic carbocycles. The predicted octanol–water partition coefficient (Wildman–Crippen LogP) is 3.65. The average Bonchev–Trinajstić information content (AvgIpc) is 3.23. The Balaban J connectivity index is 1.60. The molecule has 1 aromatic carbocycles. The number of alkyl halides is 2. The number of ether oxygens (including phenoxy) is 2. The van der Waals surface area contributed by atoms with Crippen molar-refractivity contribution in [2.75, 3.05) is 24.5 Å². The van der Waals surface area contributed by atoms with Crippen LogP contribution in [0.25, 0.3) is 0 Å². The second-order valence-corrected chi connectivity index (χ2v) is 7.04. The van der Waals surface area contributed by atoms with Crippen LogP contribution in [0.2, 0.25) is 0 Å². The number of urea groups is 1. The van der Waals surface area contributed by atoms with Crippen molar-refractivity contribution in [1.29, 1.82) is 0 Å². The van der Waals surface area contributed by atoms with E-state index >= 15 is 0 Å². The van der Waals surface area contributed by atoms with Gasteiger partial charge < -0.3 is 19.3 Å². The van der Waals surface area contributed by atoms with E-state index in [4.69, 9.17) is 0 Å². The molecular formula is C16H15F2N3O3S. The molecule has 9 heteroatoms. The van der Waals surface area contributed by atoms with Gasteiger partial charge in [0.1, 0.15) is 0 Å². The molecule has 6 nitrogen and oxygen atoms in total. The third-order valence-electron chi connectivity index (χ3n) is 4.07. The lowest BCUT2D eigenvalue weighted by molar-refractivity contribution is -0.286. The van der Waals surface area contributed by atoms with Crippen molar-refractivity contribution in [3.8, 4) is 11.5 Å². The standard InChI is InChI=1S/C16H15F2N3O3S/c1-10-9-21(15(25-10)19-14(22)20-6-2-3-7-20)11-4-5-12-13(8-11)24-16(17,18)23-12/h4-5,8H,1-3,6-7,9H2/b19-15-. The number of fused-ring (bicyclic) bond motifs is 1. The minimum Gasteiger partial charge on any atom is -0.395 e. The van der Waals surface area contributed by atoms with Crippen LogP contribution in [-0.2, 0) is 0 Å². The van der Waals surface area contributed by atoms with E-state index in [1.165, 1.54) is 23.9 Å². The summed E-state index contributed by atoms with van der Waals surface area (Å²) in [6.45, 7) is 5.77. The number of anilines is 1. The number of likely N-dealkylation sites (tertiary alicyclic amines) is 1. The van der Waals surface area contributed by atoms with E-state index in [2.05, 4.69) is 21.0 Å². The Hall–Kier alpha value is -2.29. The lowest BCUT2D eigenvalue weighted by atomic mass is 10.2. The number of carbonyl (C=O) groups excluding carboxylic acids is 1. The number of halogens is 2. The van der Waals surface area contributed by atoms with Gasteiger partial charge in [0.25, 0.3) is 0 Å². The van der Waals surface area contributed by atoms with E-state index in [1.807, 2.05) is 0 Å². The molecule has 0 unspecified atom stereocenters. The summed E-state index contributed by atoms with van der Waals surface area (Å²) in [6.07, 6.45) is -1.69. The first kappa shape index (κ1) is 16.2. The summed E-state index contributed by atoms with van der Waals surface area (Å²) in [7, 11) is 0. The maximum absolute atomic E-state index is 13.2. The SMILES string of the molecule is C=C1CN(c2ccc3c(c2)OC(F)(F)O3)/C(=N/C(=O)N2CCCC2)S1. The Morgan fingerprint density at radius 2 is 1.96 bits per heavy atom. The van der Waals surface area contributed by atoms with Crippen molar-refractivity contribution in [2.45, 2.75) is 19.1 Å². The predicted molar refractivity (Wildman–Crippen MR) is 90.4 cm³/mol. The van der Waals surface area contributed by atoms with Gasteiger partial charge in [-0.3, -0.25) is 0 Å². The van der Waals surface area contributed by atoms with E-state index < -0.39 is 6.29 Å². The lowest BCUT2D eigenvalue weighted by Gasteiger charge is -2.19. The molecule has 0 N–H and O–H groups in total. The minimum atomic E-state index is -3.66. The number of carbonyl (C=O) groups is 1. The van der Waals surface area contributed by atoms with Crippen LogP contribution in [0.5, 0.6) is 11.5 Å². The van der Waals surface area contributed by atoms with Crippen LogP contribution < -0.4 is 14.4 Å². The first-order chi connectivity index (χ1) is 11.9. The van der Waals surface area contributed by atoms with E-state index in [9.17, 15) is 13.6 Å². The van der Waals surface area contributed by atoms with E-state index in [-0.39, 0.29) is 17.5 Å². The highest BCUT2D eigenvalue weighted by molar-refractivity contribution is 8.18. The monoisotopic (exact) mass is 367 g/mol. The molecule has 2 amide bonds. The summed E-state index contributed by atoms with van der Waals surface area (Å²) in [5, 5.41) is 0.479. The molecule has 0 spiro atoms. The van der Waals surface area contributed by atoms with Gasteiger partial charge in [-0.15, -0.1) is 8.78 Å². The highest BCUT2D eigenvalue weighted by Crippen LogP contribution is 2.44. The zero-order valence-electron chi connectivity index (χ0n) is 13.2. The Morgan fingerprint density at radius 3 is 2.72 bits per heavy atom. The smallest absolute Gasteiger partial charge is 0.395 e. The van der Waals surface area contributed by atoms with E-state index in [0.29, 0.717) is 30.5 Å². The number of benzene rings is 1. The molecule has 0 saturated carbocycles. The molecule has 0 bridgehead atoms. The molecule has 0 atom stereocenters. The number of nitrogens with zero attached hydrogens (tertiary/aromatic N) is 3. The molecule has 3 heterocycles. The third-order valence-corrected chi connectivity index (χ3v) is 4.98. The fourth-order valence-corrected chi connectivity index (χ4v) is 3.77. The number of hydrogen-bond acceptors (Lipinski definition) is 4. The Kier molecular flexibility index (Phi) is 3.82. The zero-order chi connectivity index (χ0) is 17.6. The average molecular weight is 367 g/mol. The van der Waals surface area contributed by atoms with Crippen LogP contribution in [0.3, 0.4) is 0 Å². The normalized spacial score (nSPS) is 23.0. The molecule has 132 valence electrons. The van der Waals surface area contributed by atoms with Crippen molar-refractivity contribution in [3.05, 3.63) is 29.7 Å². The number of thioether (sulfide) groups is 1. The van der Waals surface area contributed by atoms with Crippen molar-refractivity contribution < 1.29 is 23.0 Å². The number of hydrogen-bond donors (Lipinski definition) is 0. The van der Waals surface area contributed by atoms with Gasteiger partial charge in [0.2, 0.25) is 0 Å². The fourth-order valence-electron chi connectivity index (χ4n) is 2.91. The Morgan fingerprint density at radius 1 is 1.24 bits per heavy atom. The highest BCUT2D eigenvalue weighted by Gasteiger charge is 2.43. The summed E-state index contributed by atoms with van der Waals surface area (Å²) in [5.41, 5.74) is 0.583. The second-order valence-electron chi connectivity index (χ2n) is 5.90. The Bertz CT molecular complexity index is 778. The largest absolute Gasteiger partial charge is 0.586 e. The number of aliphatic imine (C=N–C) groups is 1. The molecule has 0 aromatic heterocycles. The van der Waals surface area contributed by atoms with Gasteiger partial charge in [-0.1, -0.05) is 18.3 Å². The highest BCUT2D eigenvalue weighted by atomic mass is 32.2. The van der Waals surface area contributed by atoms with Gasteiger partial charge in [0.15, 0.2) is 16.7 Å². The quantitative estimate of drug-likeness (QED) is 0.758. The first-order valence-electron chi connectivity index (χ1n) is 7.82. The molecular weight excluding hydrogens is 352 g/mol. The molecule has 0 radical (unpaired) electrons. The molecule has 1 aromatic rings. The van der Waals surface area contributed by atoms with Crippen LogP contribution in [0.15, 0.2) is 34.7 Å². The van der Waals surface area contributed by atoms with Crippen molar-refractivity contribution in [3.63, 3.8) is 0 Å². The van der Waals surface area contributed by atoms with Crippen molar-refractivity contribution in [2.24, 2.45) is 4.99 Å². The third kappa shape index (κ3) is 3.15. The summed E-state index contributed by atoms with van der Waals surface area (Å²) >= 11 is 1.30. The van der Waals surface area contributed by atoms with Crippen molar-refractivity contribution in [1.82, 2.24) is 4.90 Å². The zero-order valence-corrected chi connectivity index (χ0v) is 14.0. The molecule has 2 saturated heterocycles. The minimum absolute atomic E-state index is 0.0222. The fraction of sp³-hybridized carbons (Fsp3) is 0.375. The topological polar surface area (TPSA) is 54.4 Å². The van der Waals surface area contributed by atoms with Gasteiger partial charge >= 0.3 is 12.3 Å². The van der Waals surface area contributed by atoms with Crippen LogP contribution in [0.4, 0.5) is 19.3 Å². The summed E-state index contributed by atoms with van der Waals surface area (Å²) in [6, 6.07) is 4.20. The summed E-state index contributed by atoms with van der Waals surface area (Å²) in [4.78, 5) is 20.8. The maximum Gasteiger partial charge on any atom is 0.586 e. The van der Waals surface area contributed by atoms with E-state index in [0.717, 1.165) is 17.7 Å². The molecule has 4 rings (SSSR count). The Labute approximate surface area is 147 Å². The van der Waals surface area contributed by atoms with Crippen molar-refractivity contribution >= 4 is 28.6 Å². The van der Waals surface area contributed by atoms with Crippen LogP contribution in [0.1, 0.15) is 12.8 Å². The van der Waals surface area contributed by atoms with E-state index in [1.54, 1.807) is 15.9 Å². The number of amides is 2. The second kappa shape index (κ2) is 5.91. The molecule has 25 heavy (non-hydrogen) atoms. The number of rotatable bonds is 1. The van der Waals surface area contributed by atoms with Crippen LogP contribution >= 0.6 is 11.8 Å². The molecule has 3 aliphatic rings. The number of amidine groups is 1. The summed E-state index contributed by atoms with van der Waals surface area (Å²) < 4.78 is 35.3. The van der Waals surface area contributed by atoms with Gasteiger partial charge in [-0.25, -0.2) is 4.79 Å². The lowest BCUT2D eigenvalue weighted by Crippen LogP contribution is -2.29. The van der Waals surface area contributed by atoms with Gasteiger partial charge in [-0.2, -0.15) is 4.99 Å². The van der Waals surface area contributed by atoms with Crippen LogP contribution in [0, 0.1) is 0 Å². The summed E-state index contributed by atoms with van der Waals surface area (Å²) in [5.74, 6) is -0.0682.